The summed E-state index contributed by atoms with van der Waals surface area (Å²) >= 11 is 0. The Morgan fingerprint density at radius 1 is 1.29 bits per heavy atom. The van der Waals surface area contributed by atoms with Crippen LogP contribution in [0.1, 0.15) is 19.8 Å². The summed E-state index contributed by atoms with van der Waals surface area (Å²) in [5, 5.41) is 7.65. The molecule has 0 bridgehead atoms. The summed E-state index contributed by atoms with van der Waals surface area (Å²) in [6, 6.07) is 4.48. The zero-order chi connectivity index (χ0) is 14.7. The fraction of sp³-hybridized carbons (Fsp3) is 0.533. The lowest BCUT2D eigenvalue weighted by Crippen LogP contribution is -2.37. The minimum Gasteiger partial charge on any atom is -0.381 e. The predicted octanol–water partition coefficient (Wildman–Crippen LogP) is 1.80. The van der Waals surface area contributed by atoms with Crippen molar-refractivity contribution in [2.24, 2.45) is 5.92 Å². The Kier molecular flexibility index (Phi) is 4.15. The Labute approximate surface area is 125 Å². The van der Waals surface area contributed by atoms with E-state index in [1.165, 1.54) is 32.3 Å². The van der Waals surface area contributed by atoms with E-state index in [1.54, 1.807) is 11.0 Å². The quantitative estimate of drug-likeness (QED) is 0.929. The van der Waals surface area contributed by atoms with Crippen molar-refractivity contribution >= 4 is 5.69 Å². The number of rotatable bonds is 4. The third-order valence-corrected chi connectivity index (χ3v) is 4.27. The normalized spacial score (nSPS) is 18.6. The van der Waals surface area contributed by atoms with Gasteiger partial charge in [0.2, 0.25) is 0 Å². The molecule has 1 unspecified atom stereocenters. The van der Waals surface area contributed by atoms with Crippen LogP contribution in [0.4, 0.5) is 5.69 Å². The summed E-state index contributed by atoms with van der Waals surface area (Å²) in [6.45, 7) is 4.65. The monoisotopic (exact) mass is 286 g/mol. The molecule has 0 amide bonds. The molecule has 0 aromatic carbocycles. The first-order valence-corrected chi connectivity index (χ1v) is 7.48. The van der Waals surface area contributed by atoms with Crippen molar-refractivity contribution in [1.82, 2.24) is 24.6 Å². The molecule has 6 heteroatoms. The lowest BCUT2D eigenvalue weighted by molar-refractivity contribution is 0.208. The van der Waals surface area contributed by atoms with E-state index in [2.05, 4.69) is 45.3 Å². The van der Waals surface area contributed by atoms with Gasteiger partial charge in [0.15, 0.2) is 5.82 Å². The van der Waals surface area contributed by atoms with Crippen LogP contribution in [0.25, 0.3) is 5.82 Å². The highest BCUT2D eigenvalue weighted by atomic mass is 15.3. The molecule has 1 N–H and O–H groups in total. The lowest BCUT2D eigenvalue weighted by Gasteiger charge is -2.33. The van der Waals surface area contributed by atoms with Crippen LogP contribution in [0.3, 0.4) is 0 Å². The second-order valence-electron chi connectivity index (χ2n) is 5.82. The Hall–Kier alpha value is -1.95. The van der Waals surface area contributed by atoms with Crippen LogP contribution >= 0.6 is 0 Å². The summed E-state index contributed by atoms with van der Waals surface area (Å²) in [5.74, 6) is 1.51. The molecular weight excluding hydrogens is 264 g/mol. The molecule has 0 saturated carbocycles. The van der Waals surface area contributed by atoms with Crippen molar-refractivity contribution < 1.29 is 0 Å². The maximum absolute atomic E-state index is 4.42. The first-order chi connectivity index (χ1) is 10.2. The molecule has 1 fully saturated rings. The number of hydrogen-bond acceptors (Lipinski definition) is 5. The number of aromatic nitrogens is 4. The molecule has 1 aliphatic heterocycles. The number of nitrogens with zero attached hydrogens (tertiary/aromatic N) is 5. The van der Waals surface area contributed by atoms with Gasteiger partial charge in [-0.05, 0) is 58.0 Å². The van der Waals surface area contributed by atoms with E-state index in [0.29, 0.717) is 6.04 Å². The highest BCUT2D eigenvalue weighted by Crippen LogP contribution is 2.22. The lowest BCUT2D eigenvalue weighted by atomic mass is 9.90. The van der Waals surface area contributed by atoms with E-state index < -0.39 is 0 Å². The maximum Gasteiger partial charge on any atom is 0.155 e. The highest BCUT2D eigenvalue weighted by molar-refractivity contribution is 5.44. The summed E-state index contributed by atoms with van der Waals surface area (Å²) in [6.07, 6.45) is 7.54. The Balaban J connectivity index is 1.60. The molecule has 0 spiro atoms. The number of anilines is 1. The first-order valence-electron chi connectivity index (χ1n) is 7.48. The van der Waals surface area contributed by atoms with Gasteiger partial charge >= 0.3 is 0 Å². The van der Waals surface area contributed by atoms with Crippen LogP contribution in [0, 0.1) is 5.92 Å². The number of nitrogens with one attached hydrogen (secondary N) is 1. The second-order valence-corrected chi connectivity index (χ2v) is 5.82. The molecule has 112 valence electrons. The van der Waals surface area contributed by atoms with Crippen molar-refractivity contribution in [3.63, 3.8) is 0 Å². The summed E-state index contributed by atoms with van der Waals surface area (Å²) in [7, 11) is 2.20. The highest BCUT2D eigenvalue weighted by Gasteiger charge is 2.22. The van der Waals surface area contributed by atoms with Crippen LogP contribution in [-0.2, 0) is 0 Å². The van der Waals surface area contributed by atoms with Gasteiger partial charge in [-0.2, -0.15) is 5.10 Å². The molecule has 3 heterocycles. The number of likely N-dealkylation sites (tertiary alicyclic amines) is 1. The number of hydrogen-bond donors (Lipinski definition) is 1. The minimum atomic E-state index is 0.470. The smallest absolute Gasteiger partial charge is 0.155 e. The van der Waals surface area contributed by atoms with Crippen LogP contribution in [0.15, 0.2) is 31.0 Å². The van der Waals surface area contributed by atoms with Crippen LogP contribution < -0.4 is 5.32 Å². The van der Waals surface area contributed by atoms with Gasteiger partial charge in [-0.15, -0.1) is 0 Å². The van der Waals surface area contributed by atoms with Gasteiger partial charge in [0.05, 0.1) is 11.9 Å². The van der Waals surface area contributed by atoms with Crippen molar-refractivity contribution in [3.05, 3.63) is 31.0 Å². The molecule has 1 aliphatic rings. The number of piperidine rings is 1. The van der Waals surface area contributed by atoms with Crippen LogP contribution in [-0.4, -0.2) is 50.8 Å². The van der Waals surface area contributed by atoms with Crippen LogP contribution in [0.5, 0.6) is 0 Å². The third-order valence-electron chi connectivity index (χ3n) is 4.27. The van der Waals surface area contributed by atoms with Crippen LogP contribution in [0.2, 0.25) is 0 Å². The Morgan fingerprint density at radius 3 is 2.71 bits per heavy atom. The van der Waals surface area contributed by atoms with Gasteiger partial charge < -0.3 is 10.2 Å². The topological polar surface area (TPSA) is 58.9 Å². The van der Waals surface area contributed by atoms with E-state index in [1.807, 2.05) is 12.3 Å². The van der Waals surface area contributed by atoms with Gasteiger partial charge in [-0.1, -0.05) is 0 Å². The number of pyridine rings is 1. The SMILES string of the molecule is CC(Nc1ccc(-n2cncn2)nc1)C1CCN(C)CC1. The third kappa shape index (κ3) is 3.39. The second kappa shape index (κ2) is 6.22. The zero-order valence-corrected chi connectivity index (χ0v) is 12.6. The molecular formula is C15H22N6. The van der Waals surface area contributed by atoms with Gasteiger partial charge in [0.25, 0.3) is 0 Å². The minimum absolute atomic E-state index is 0.470. The molecule has 2 aromatic rings. The van der Waals surface area contributed by atoms with E-state index in [4.69, 9.17) is 0 Å². The fourth-order valence-electron chi connectivity index (χ4n) is 2.84. The predicted molar refractivity (Wildman–Crippen MR) is 82.5 cm³/mol. The van der Waals surface area contributed by atoms with E-state index in [-0.39, 0.29) is 0 Å². The first kappa shape index (κ1) is 14.0. The standard InChI is InChI=1S/C15H22N6/c1-12(13-5-7-20(2)8-6-13)19-14-3-4-15(17-9-14)21-11-16-10-18-21/h3-4,9-13,19H,5-8H2,1-2H3. The van der Waals surface area contributed by atoms with Gasteiger partial charge in [-0.25, -0.2) is 14.6 Å². The van der Waals surface area contributed by atoms with Gasteiger partial charge in [0, 0.05) is 6.04 Å². The summed E-state index contributed by atoms with van der Waals surface area (Å²) in [4.78, 5) is 10.8. The van der Waals surface area contributed by atoms with E-state index >= 15 is 0 Å². The van der Waals surface area contributed by atoms with Crippen molar-refractivity contribution in [3.8, 4) is 5.82 Å². The molecule has 2 aromatic heterocycles. The zero-order valence-electron chi connectivity index (χ0n) is 12.6. The summed E-state index contributed by atoms with van der Waals surface area (Å²) < 4.78 is 1.66. The molecule has 1 atom stereocenters. The molecule has 0 radical (unpaired) electrons. The van der Waals surface area contributed by atoms with Crippen molar-refractivity contribution in [2.45, 2.75) is 25.8 Å². The summed E-state index contributed by atoms with van der Waals surface area (Å²) in [5.41, 5.74) is 1.06. The molecule has 1 saturated heterocycles. The van der Waals surface area contributed by atoms with Gasteiger partial charge in [0.1, 0.15) is 12.7 Å². The van der Waals surface area contributed by atoms with E-state index in [9.17, 15) is 0 Å². The molecule has 21 heavy (non-hydrogen) atoms. The molecule has 0 aliphatic carbocycles. The molecule has 6 nitrogen and oxygen atoms in total. The van der Waals surface area contributed by atoms with Crippen molar-refractivity contribution in [1.29, 1.82) is 0 Å². The maximum atomic E-state index is 4.42. The fourth-order valence-corrected chi connectivity index (χ4v) is 2.84. The molecule has 3 rings (SSSR count). The average molecular weight is 286 g/mol. The van der Waals surface area contributed by atoms with Crippen molar-refractivity contribution in [2.75, 3.05) is 25.5 Å². The largest absolute Gasteiger partial charge is 0.381 e. The Bertz CT molecular complexity index is 542. The van der Waals surface area contributed by atoms with E-state index in [0.717, 1.165) is 17.4 Å². The average Bonchev–Trinajstić information content (AvgIpc) is 3.03. The van der Waals surface area contributed by atoms with Gasteiger partial charge in [-0.3, -0.25) is 0 Å². The Morgan fingerprint density at radius 2 is 2.10 bits per heavy atom.